The molecule has 0 aliphatic heterocycles. The van der Waals surface area contributed by atoms with Crippen molar-refractivity contribution in [2.75, 3.05) is 0 Å². The molecule has 0 aromatic heterocycles. The third kappa shape index (κ3) is 2.36. The molecular formula is C11H7NO2. The molecule has 3 nitrogen and oxygen atoms in total. The summed E-state index contributed by atoms with van der Waals surface area (Å²) in [6.07, 6.45) is 0.745. The van der Waals surface area contributed by atoms with E-state index in [9.17, 15) is 4.79 Å². The molecule has 0 aliphatic rings. The van der Waals surface area contributed by atoms with Gasteiger partial charge >= 0.3 is 0 Å². The number of carbonyl (C=O) groups is 1. The van der Waals surface area contributed by atoms with Crippen LogP contribution in [0.2, 0.25) is 0 Å². The van der Waals surface area contributed by atoms with Gasteiger partial charge in [0.15, 0.2) is 6.29 Å². The molecule has 0 saturated heterocycles. The number of nitriles is 1. The molecule has 1 N–H and O–H groups in total. The first kappa shape index (κ1) is 9.83. The Bertz CT molecular complexity index is 447. The van der Waals surface area contributed by atoms with Crippen LogP contribution in [0, 0.1) is 23.2 Å². The number of aromatic hydroxyl groups is 1. The van der Waals surface area contributed by atoms with Crippen molar-refractivity contribution < 1.29 is 9.90 Å². The van der Waals surface area contributed by atoms with E-state index in [2.05, 4.69) is 11.8 Å². The molecule has 0 fully saturated rings. The lowest BCUT2D eigenvalue weighted by molar-refractivity contribution is 0.112. The summed E-state index contributed by atoms with van der Waals surface area (Å²) < 4.78 is 0. The topological polar surface area (TPSA) is 61.1 Å². The standard InChI is InChI=1S/C11H7NO2/c12-6-2-1-3-9-4-5-11(14)7-10(9)8-13/h4-5,7-8,14H,2H2. The number of carbonyl (C=O) groups excluding carboxylic acids is 1. The second-order valence-electron chi connectivity index (χ2n) is 2.53. The van der Waals surface area contributed by atoms with Gasteiger partial charge in [-0.3, -0.25) is 4.79 Å². The third-order valence-electron chi connectivity index (χ3n) is 1.55. The number of benzene rings is 1. The van der Waals surface area contributed by atoms with Gasteiger partial charge in [-0.1, -0.05) is 11.8 Å². The van der Waals surface area contributed by atoms with Crippen molar-refractivity contribution in [1.29, 1.82) is 5.26 Å². The van der Waals surface area contributed by atoms with Crippen LogP contribution in [0.4, 0.5) is 0 Å². The van der Waals surface area contributed by atoms with Crippen LogP contribution >= 0.6 is 0 Å². The Labute approximate surface area is 81.6 Å². The predicted molar refractivity (Wildman–Crippen MR) is 50.6 cm³/mol. The molecule has 0 atom stereocenters. The monoisotopic (exact) mass is 185 g/mol. The van der Waals surface area contributed by atoms with Gasteiger partial charge in [0.2, 0.25) is 0 Å². The van der Waals surface area contributed by atoms with E-state index in [-0.39, 0.29) is 12.2 Å². The highest BCUT2D eigenvalue weighted by atomic mass is 16.3. The minimum absolute atomic E-state index is 0.0259. The molecule has 0 aliphatic carbocycles. The third-order valence-corrected chi connectivity index (χ3v) is 1.55. The molecular weight excluding hydrogens is 178 g/mol. The van der Waals surface area contributed by atoms with Gasteiger partial charge in [0, 0.05) is 11.1 Å². The van der Waals surface area contributed by atoms with Gasteiger partial charge < -0.3 is 5.11 Å². The van der Waals surface area contributed by atoms with E-state index in [0.717, 1.165) is 0 Å². The van der Waals surface area contributed by atoms with E-state index in [1.165, 1.54) is 12.1 Å². The number of hydrogen-bond acceptors (Lipinski definition) is 3. The predicted octanol–water partition coefficient (Wildman–Crippen LogP) is 1.47. The van der Waals surface area contributed by atoms with Gasteiger partial charge in [0.25, 0.3) is 0 Å². The second kappa shape index (κ2) is 4.69. The number of aldehydes is 1. The van der Waals surface area contributed by atoms with E-state index < -0.39 is 0 Å². The van der Waals surface area contributed by atoms with Gasteiger partial charge in [-0.05, 0) is 18.2 Å². The summed E-state index contributed by atoms with van der Waals surface area (Å²) in [6, 6.07) is 6.21. The zero-order chi connectivity index (χ0) is 10.4. The summed E-state index contributed by atoms with van der Waals surface area (Å²) in [5.41, 5.74) is 0.850. The van der Waals surface area contributed by atoms with Crippen molar-refractivity contribution in [1.82, 2.24) is 0 Å². The van der Waals surface area contributed by atoms with Gasteiger partial charge in [0.05, 0.1) is 12.5 Å². The van der Waals surface area contributed by atoms with Crippen LogP contribution in [0.3, 0.4) is 0 Å². The minimum Gasteiger partial charge on any atom is -0.508 e. The number of phenols is 1. The van der Waals surface area contributed by atoms with Crippen LogP contribution in [-0.2, 0) is 0 Å². The zero-order valence-electron chi connectivity index (χ0n) is 7.32. The maximum absolute atomic E-state index is 10.6. The Morgan fingerprint density at radius 2 is 2.29 bits per heavy atom. The first-order chi connectivity index (χ1) is 6.77. The van der Waals surface area contributed by atoms with Crippen LogP contribution in [-0.4, -0.2) is 11.4 Å². The minimum atomic E-state index is 0.0259. The number of hydrogen-bond donors (Lipinski definition) is 1. The van der Waals surface area contributed by atoms with Crippen LogP contribution in [0.5, 0.6) is 5.75 Å². The first-order valence-electron chi connectivity index (χ1n) is 3.92. The Kier molecular flexibility index (Phi) is 3.29. The summed E-state index contributed by atoms with van der Waals surface area (Å²) in [5.74, 6) is 5.30. The SMILES string of the molecule is N#CCC#Cc1ccc(O)cc1C=O. The lowest BCUT2D eigenvalue weighted by Crippen LogP contribution is -1.86. The molecule has 0 saturated carbocycles. The summed E-state index contributed by atoms with van der Waals surface area (Å²) >= 11 is 0. The van der Waals surface area contributed by atoms with Gasteiger partial charge in [0.1, 0.15) is 5.75 Å². The van der Waals surface area contributed by atoms with E-state index in [1.54, 1.807) is 6.07 Å². The first-order valence-corrected chi connectivity index (χ1v) is 3.92. The van der Waals surface area contributed by atoms with Crippen molar-refractivity contribution in [2.24, 2.45) is 0 Å². The number of phenolic OH excluding ortho intramolecular Hbond substituents is 1. The lowest BCUT2D eigenvalue weighted by atomic mass is 10.1. The normalized spacial score (nSPS) is 8.21. The molecule has 0 unspecified atom stereocenters. The molecule has 1 aromatic carbocycles. The van der Waals surface area contributed by atoms with Gasteiger partial charge in [-0.15, -0.1) is 0 Å². The highest BCUT2D eigenvalue weighted by Crippen LogP contribution is 2.13. The average molecular weight is 185 g/mol. The van der Waals surface area contributed by atoms with Crippen LogP contribution in [0.1, 0.15) is 22.3 Å². The lowest BCUT2D eigenvalue weighted by Gasteiger charge is -1.96. The molecule has 0 radical (unpaired) electrons. The molecule has 1 rings (SSSR count). The molecule has 0 heterocycles. The van der Waals surface area contributed by atoms with Crippen molar-refractivity contribution in [3.63, 3.8) is 0 Å². The van der Waals surface area contributed by atoms with Crippen LogP contribution in [0.25, 0.3) is 0 Å². The summed E-state index contributed by atoms with van der Waals surface area (Å²) in [6.45, 7) is 0. The van der Waals surface area contributed by atoms with Crippen molar-refractivity contribution >= 4 is 6.29 Å². The van der Waals surface area contributed by atoms with Gasteiger partial charge in [-0.2, -0.15) is 5.26 Å². The zero-order valence-corrected chi connectivity index (χ0v) is 7.32. The Balaban J connectivity index is 3.05. The molecule has 0 amide bonds. The molecule has 0 bridgehead atoms. The van der Waals surface area contributed by atoms with E-state index in [1.807, 2.05) is 6.07 Å². The Morgan fingerprint density at radius 1 is 1.50 bits per heavy atom. The molecule has 3 heteroatoms. The second-order valence-corrected chi connectivity index (χ2v) is 2.53. The van der Waals surface area contributed by atoms with Gasteiger partial charge in [-0.25, -0.2) is 0 Å². The quantitative estimate of drug-likeness (QED) is 0.532. The smallest absolute Gasteiger partial charge is 0.151 e. The fourth-order valence-electron chi connectivity index (χ4n) is 0.940. The highest BCUT2D eigenvalue weighted by Gasteiger charge is 1.99. The highest BCUT2D eigenvalue weighted by molar-refractivity contribution is 5.80. The Morgan fingerprint density at radius 3 is 2.93 bits per heavy atom. The maximum atomic E-state index is 10.6. The largest absolute Gasteiger partial charge is 0.508 e. The molecule has 14 heavy (non-hydrogen) atoms. The maximum Gasteiger partial charge on any atom is 0.151 e. The van der Waals surface area contributed by atoms with Crippen molar-refractivity contribution in [2.45, 2.75) is 6.42 Å². The van der Waals surface area contributed by atoms with E-state index >= 15 is 0 Å². The van der Waals surface area contributed by atoms with E-state index in [0.29, 0.717) is 17.4 Å². The average Bonchev–Trinajstić information content (AvgIpc) is 2.20. The van der Waals surface area contributed by atoms with E-state index in [4.69, 9.17) is 10.4 Å². The van der Waals surface area contributed by atoms with Crippen molar-refractivity contribution in [3.8, 4) is 23.7 Å². The summed E-state index contributed by atoms with van der Waals surface area (Å²) in [5, 5.41) is 17.3. The number of rotatable bonds is 1. The number of nitrogens with zero attached hydrogens (tertiary/aromatic N) is 1. The fourth-order valence-corrected chi connectivity index (χ4v) is 0.940. The summed E-state index contributed by atoms with van der Waals surface area (Å²) in [4.78, 5) is 10.6. The Hall–Kier alpha value is -2.26. The fraction of sp³-hybridized carbons (Fsp3) is 0.0909. The van der Waals surface area contributed by atoms with Crippen LogP contribution < -0.4 is 0 Å². The molecule has 1 aromatic rings. The molecule has 0 spiro atoms. The summed E-state index contributed by atoms with van der Waals surface area (Å²) in [7, 11) is 0. The van der Waals surface area contributed by atoms with Crippen molar-refractivity contribution in [3.05, 3.63) is 29.3 Å². The van der Waals surface area contributed by atoms with Crippen LogP contribution in [0.15, 0.2) is 18.2 Å². The molecule has 68 valence electrons.